The summed E-state index contributed by atoms with van der Waals surface area (Å²) in [6, 6.07) is 2.74. The lowest BCUT2D eigenvalue weighted by atomic mass is 9.93. The second-order valence-corrected chi connectivity index (χ2v) is 5.96. The predicted molar refractivity (Wildman–Crippen MR) is 77.5 cm³/mol. The van der Waals surface area contributed by atoms with Crippen LogP contribution < -0.4 is 5.73 Å². The molecule has 0 radical (unpaired) electrons. The van der Waals surface area contributed by atoms with Crippen LogP contribution in [0.4, 0.5) is 8.78 Å². The Morgan fingerprint density at radius 2 is 1.90 bits per heavy atom. The Balaban J connectivity index is 2.29. The van der Waals surface area contributed by atoms with E-state index in [0.717, 1.165) is 25.8 Å². The van der Waals surface area contributed by atoms with Crippen molar-refractivity contribution < 1.29 is 8.78 Å². The van der Waals surface area contributed by atoms with Gasteiger partial charge in [0.2, 0.25) is 0 Å². The van der Waals surface area contributed by atoms with Gasteiger partial charge in [-0.3, -0.25) is 4.90 Å². The third-order valence-electron chi connectivity index (χ3n) is 4.42. The third-order valence-corrected chi connectivity index (χ3v) is 4.42. The van der Waals surface area contributed by atoms with Gasteiger partial charge in [0.1, 0.15) is 11.6 Å². The highest BCUT2D eigenvalue weighted by molar-refractivity contribution is 5.27. The van der Waals surface area contributed by atoms with Crippen molar-refractivity contribution in [2.24, 2.45) is 5.73 Å². The van der Waals surface area contributed by atoms with E-state index < -0.39 is 0 Å². The van der Waals surface area contributed by atoms with Gasteiger partial charge in [0, 0.05) is 23.7 Å². The highest BCUT2D eigenvalue weighted by Gasteiger charge is 2.31. The Hall–Kier alpha value is -1.00. The summed E-state index contributed by atoms with van der Waals surface area (Å²) in [5, 5.41) is 0. The fourth-order valence-corrected chi connectivity index (χ4v) is 3.19. The van der Waals surface area contributed by atoms with Gasteiger partial charge in [-0.15, -0.1) is 0 Å². The SMILES string of the molecule is Cc1cc(F)c(C(C)N2CCCCC2C(C)N)cc1F. The van der Waals surface area contributed by atoms with Crippen LogP contribution in [0.25, 0.3) is 0 Å². The van der Waals surface area contributed by atoms with Crippen molar-refractivity contribution >= 4 is 0 Å². The van der Waals surface area contributed by atoms with Crippen LogP contribution in [0.3, 0.4) is 0 Å². The quantitative estimate of drug-likeness (QED) is 0.919. The Morgan fingerprint density at radius 3 is 2.55 bits per heavy atom. The molecule has 3 atom stereocenters. The van der Waals surface area contributed by atoms with Gasteiger partial charge < -0.3 is 5.73 Å². The van der Waals surface area contributed by atoms with Crippen LogP contribution in [0, 0.1) is 18.6 Å². The van der Waals surface area contributed by atoms with Gasteiger partial charge in [-0.1, -0.05) is 6.42 Å². The summed E-state index contributed by atoms with van der Waals surface area (Å²) in [4.78, 5) is 2.22. The van der Waals surface area contributed by atoms with Crippen LogP contribution in [-0.2, 0) is 0 Å². The van der Waals surface area contributed by atoms with Crippen molar-refractivity contribution in [3.8, 4) is 0 Å². The molecule has 0 aliphatic carbocycles. The summed E-state index contributed by atoms with van der Waals surface area (Å²) in [5.41, 5.74) is 6.84. The maximum absolute atomic E-state index is 14.1. The summed E-state index contributed by atoms with van der Waals surface area (Å²) in [6.07, 6.45) is 3.27. The van der Waals surface area contributed by atoms with Crippen LogP contribution in [-0.4, -0.2) is 23.5 Å². The molecule has 112 valence electrons. The minimum atomic E-state index is -0.345. The molecule has 20 heavy (non-hydrogen) atoms. The second-order valence-electron chi connectivity index (χ2n) is 5.96. The lowest BCUT2D eigenvalue weighted by Gasteiger charge is -2.42. The Kier molecular flexibility index (Phi) is 4.76. The zero-order valence-electron chi connectivity index (χ0n) is 12.5. The van der Waals surface area contributed by atoms with Crippen LogP contribution in [0.15, 0.2) is 12.1 Å². The second kappa shape index (κ2) is 6.19. The van der Waals surface area contributed by atoms with Gasteiger partial charge in [-0.05, 0) is 57.9 Å². The zero-order valence-corrected chi connectivity index (χ0v) is 12.5. The molecule has 3 unspecified atom stereocenters. The fourth-order valence-electron chi connectivity index (χ4n) is 3.19. The van der Waals surface area contributed by atoms with E-state index in [2.05, 4.69) is 4.90 Å². The van der Waals surface area contributed by atoms with E-state index in [4.69, 9.17) is 5.73 Å². The number of likely N-dealkylation sites (tertiary alicyclic amines) is 1. The van der Waals surface area contributed by atoms with Gasteiger partial charge >= 0.3 is 0 Å². The molecular weight excluding hydrogens is 258 g/mol. The number of benzene rings is 1. The Bertz CT molecular complexity index is 474. The largest absolute Gasteiger partial charge is 0.327 e. The molecule has 2 rings (SSSR count). The van der Waals surface area contributed by atoms with Crippen molar-refractivity contribution in [1.29, 1.82) is 0 Å². The molecule has 1 aliphatic rings. The van der Waals surface area contributed by atoms with E-state index in [9.17, 15) is 8.78 Å². The minimum absolute atomic E-state index is 0.0381. The molecule has 1 aromatic rings. The van der Waals surface area contributed by atoms with Gasteiger partial charge in [0.05, 0.1) is 0 Å². The van der Waals surface area contributed by atoms with Gasteiger partial charge in [-0.2, -0.15) is 0 Å². The molecule has 4 heteroatoms. The molecule has 0 bridgehead atoms. The van der Waals surface area contributed by atoms with E-state index in [1.165, 1.54) is 12.1 Å². The number of piperidine rings is 1. The average Bonchev–Trinajstić information content (AvgIpc) is 2.42. The van der Waals surface area contributed by atoms with Gasteiger partial charge in [0.15, 0.2) is 0 Å². The molecule has 0 amide bonds. The van der Waals surface area contributed by atoms with Crippen LogP contribution >= 0.6 is 0 Å². The normalized spacial score (nSPS) is 23.6. The number of halogens is 2. The van der Waals surface area contributed by atoms with E-state index in [1.54, 1.807) is 6.92 Å². The topological polar surface area (TPSA) is 29.3 Å². The van der Waals surface area contributed by atoms with Crippen molar-refractivity contribution in [1.82, 2.24) is 4.90 Å². The minimum Gasteiger partial charge on any atom is -0.327 e. The van der Waals surface area contributed by atoms with Crippen LogP contribution in [0.2, 0.25) is 0 Å². The highest BCUT2D eigenvalue weighted by atomic mass is 19.1. The van der Waals surface area contributed by atoms with E-state index in [-0.39, 0.29) is 29.8 Å². The Morgan fingerprint density at radius 1 is 1.20 bits per heavy atom. The lowest BCUT2D eigenvalue weighted by molar-refractivity contribution is 0.0871. The third kappa shape index (κ3) is 3.01. The molecule has 2 N–H and O–H groups in total. The number of rotatable bonds is 3. The van der Waals surface area contributed by atoms with E-state index in [1.807, 2.05) is 13.8 Å². The summed E-state index contributed by atoms with van der Waals surface area (Å²) < 4.78 is 27.9. The highest BCUT2D eigenvalue weighted by Crippen LogP contribution is 2.31. The maximum atomic E-state index is 14.1. The first-order valence-corrected chi connectivity index (χ1v) is 7.38. The monoisotopic (exact) mass is 282 g/mol. The average molecular weight is 282 g/mol. The molecule has 0 spiro atoms. The first kappa shape index (κ1) is 15.4. The molecule has 1 fully saturated rings. The number of hydrogen-bond acceptors (Lipinski definition) is 2. The molecule has 1 aromatic carbocycles. The van der Waals surface area contributed by atoms with Crippen molar-refractivity contribution in [3.63, 3.8) is 0 Å². The van der Waals surface area contributed by atoms with Gasteiger partial charge in [0.25, 0.3) is 0 Å². The van der Waals surface area contributed by atoms with Crippen LogP contribution in [0.1, 0.15) is 50.3 Å². The molecule has 2 nitrogen and oxygen atoms in total. The molecule has 0 saturated carbocycles. The first-order valence-electron chi connectivity index (χ1n) is 7.38. The van der Waals surface area contributed by atoms with E-state index in [0.29, 0.717) is 11.1 Å². The van der Waals surface area contributed by atoms with Crippen molar-refractivity contribution in [3.05, 3.63) is 34.9 Å². The van der Waals surface area contributed by atoms with E-state index >= 15 is 0 Å². The molecule has 0 aromatic heterocycles. The zero-order chi connectivity index (χ0) is 14.9. The number of hydrogen-bond donors (Lipinski definition) is 1. The number of nitrogens with two attached hydrogens (primary N) is 1. The summed E-state index contributed by atoms with van der Waals surface area (Å²) >= 11 is 0. The molecule has 1 saturated heterocycles. The van der Waals surface area contributed by atoms with Crippen molar-refractivity contribution in [2.75, 3.05) is 6.54 Å². The summed E-state index contributed by atoms with van der Waals surface area (Å²) in [7, 11) is 0. The Labute approximate surface area is 120 Å². The first-order chi connectivity index (χ1) is 9.41. The standard InChI is InChI=1S/C16H24F2N2/c1-10-8-15(18)13(9-14(10)17)12(3)20-7-5-4-6-16(20)11(2)19/h8-9,11-12,16H,4-7,19H2,1-3H3. The number of nitrogens with zero attached hydrogens (tertiary/aromatic N) is 1. The summed E-state index contributed by atoms with van der Waals surface area (Å²) in [6.45, 7) is 6.40. The van der Waals surface area contributed by atoms with Crippen LogP contribution in [0.5, 0.6) is 0 Å². The summed E-state index contributed by atoms with van der Waals surface area (Å²) in [5.74, 6) is -0.673. The maximum Gasteiger partial charge on any atom is 0.128 e. The molecular formula is C16H24F2N2. The fraction of sp³-hybridized carbons (Fsp3) is 0.625. The number of aryl methyl sites for hydroxylation is 1. The smallest absolute Gasteiger partial charge is 0.128 e. The van der Waals surface area contributed by atoms with Crippen molar-refractivity contribution in [2.45, 2.75) is 58.2 Å². The molecule has 1 heterocycles. The van der Waals surface area contributed by atoms with Gasteiger partial charge in [-0.25, -0.2) is 8.78 Å². The predicted octanol–water partition coefficient (Wildman–Crippen LogP) is 3.54. The lowest BCUT2D eigenvalue weighted by Crippen LogP contribution is -2.50. The molecule has 1 aliphatic heterocycles.